The zero-order chi connectivity index (χ0) is 12.8. The van der Waals surface area contributed by atoms with Crippen molar-refractivity contribution in [1.82, 2.24) is 5.73 Å². The fourth-order valence-corrected chi connectivity index (χ4v) is 0.950. The van der Waals surface area contributed by atoms with Crippen molar-refractivity contribution >= 4 is 24.2 Å². The average molecular weight is 267 g/mol. The van der Waals surface area contributed by atoms with Crippen LogP contribution in [0.3, 0.4) is 0 Å². The average Bonchev–Trinajstić information content (AvgIpc) is 2.11. The van der Waals surface area contributed by atoms with Gasteiger partial charge in [-0.1, -0.05) is 0 Å². The molecule has 0 fully saturated rings. The second kappa shape index (κ2) is 8.03. The van der Waals surface area contributed by atoms with Crippen molar-refractivity contribution in [3.05, 3.63) is 11.9 Å². The van der Waals surface area contributed by atoms with Gasteiger partial charge in [0, 0.05) is 13.0 Å². The van der Waals surface area contributed by atoms with Gasteiger partial charge in [0.25, 0.3) is 0 Å². The third kappa shape index (κ3) is 8.65. The molecular formula is C10H18ClFN3O2. The van der Waals surface area contributed by atoms with Gasteiger partial charge in [-0.3, -0.25) is 4.99 Å². The summed E-state index contributed by atoms with van der Waals surface area (Å²) in [6.07, 6.45) is 1.31. The number of rotatable bonds is 6. The fourth-order valence-electron chi connectivity index (χ4n) is 0.950. The molecule has 1 radical (unpaired) electrons. The quantitative estimate of drug-likeness (QED) is 0.433. The molecule has 0 spiro atoms. The van der Waals surface area contributed by atoms with E-state index in [-0.39, 0.29) is 18.8 Å². The first-order chi connectivity index (χ1) is 7.25. The summed E-state index contributed by atoms with van der Waals surface area (Å²) in [5.74, 6) is -1.55. The summed E-state index contributed by atoms with van der Waals surface area (Å²) in [6, 6.07) is 0. The van der Waals surface area contributed by atoms with Crippen LogP contribution < -0.4 is 11.5 Å². The molecule has 0 aromatic heterocycles. The highest BCUT2D eigenvalue weighted by Crippen LogP contribution is 2.13. The lowest BCUT2D eigenvalue weighted by atomic mass is 10.0. The Hall–Kier alpha value is -1.14. The molecule has 1 atom stereocenters. The van der Waals surface area contributed by atoms with E-state index >= 15 is 0 Å². The number of nitrogens with zero attached hydrogens (tertiary/aromatic N) is 1. The van der Waals surface area contributed by atoms with E-state index in [0.29, 0.717) is 18.8 Å². The van der Waals surface area contributed by atoms with Crippen LogP contribution >= 0.6 is 12.4 Å². The van der Waals surface area contributed by atoms with Gasteiger partial charge in [-0.25, -0.2) is 14.9 Å². The van der Waals surface area contributed by atoms with Crippen LogP contribution in [0.5, 0.6) is 0 Å². The number of aliphatic carboxylic acids is 1. The number of allylic oxidation sites excluding steroid dienone is 1. The number of nitrogens with two attached hydrogens (primary N) is 1. The molecule has 0 aliphatic carbocycles. The van der Waals surface area contributed by atoms with Crippen molar-refractivity contribution < 1.29 is 14.3 Å². The summed E-state index contributed by atoms with van der Waals surface area (Å²) in [5, 5.41) is 8.60. The lowest BCUT2D eigenvalue weighted by Crippen LogP contribution is -2.34. The van der Waals surface area contributed by atoms with E-state index in [1.165, 1.54) is 0 Å². The smallest absolute Gasteiger partial charge is 0.329 e. The Labute approximate surface area is 106 Å². The van der Waals surface area contributed by atoms with Crippen LogP contribution in [0.2, 0.25) is 0 Å². The van der Waals surface area contributed by atoms with E-state index in [1.54, 1.807) is 6.92 Å². The maximum Gasteiger partial charge on any atom is 0.329 e. The summed E-state index contributed by atoms with van der Waals surface area (Å²) in [5.41, 5.74) is 10.7. The zero-order valence-corrected chi connectivity index (χ0v) is 10.7. The standard InChI is InChI=1S/C10H17FN3O2.ClH/c1-7(12)14-5-3-4-8(11)6-10(2,13)9(15)16;/h6,13H,3-5H2,1-2H3,(H2,12,14)(H,15,16);1H/b8-6-;/t10-;/m0./s1. The lowest BCUT2D eigenvalue weighted by molar-refractivity contribution is -0.141. The van der Waals surface area contributed by atoms with Crippen LogP contribution in [0.1, 0.15) is 26.7 Å². The number of carboxylic acid groups (broad SMARTS) is 1. The highest BCUT2D eigenvalue weighted by Gasteiger charge is 2.26. The molecule has 0 unspecified atom stereocenters. The van der Waals surface area contributed by atoms with Gasteiger partial charge in [0.2, 0.25) is 0 Å². The first-order valence-corrected chi connectivity index (χ1v) is 4.88. The van der Waals surface area contributed by atoms with E-state index in [2.05, 4.69) is 4.99 Å². The zero-order valence-electron chi connectivity index (χ0n) is 9.86. The molecule has 0 saturated carbocycles. The van der Waals surface area contributed by atoms with Gasteiger partial charge in [-0.2, -0.15) is 0 Å². The molecule has 0 heterocycles. The normalized spacial score (nSPS) is 16.0. The van der Waals surface area contributed by atoms with E-state index in [9.17, 15) is 9.18 Å². The largest absolute Gasteiger partial charge is 0.480 e. The molecule has 0 rings (SSSR count). The van der Waals surface area contributed by atoms with E-state index < -0.39 is 17.3 Å². The summed E-state index contributed by atoms with van der Waals surface area (Å²) in [4.78, 5) is 14.4. The second-order valence-corrected chi connectivity index (χ2v) is 3.73. The molecule has 0 bridgehead atoms. The van der Waals surface area contributed by atoms with Crippen LogP contribution in [0, 0.1) is 0 Å². The number of carbonyl (C=O) groups is 1. The number of aliphatic imine (C=N–C) groups is 1. The van der Waals surface area contributed by atoms with Crippen LogP contribution in [-0.2, 0) is 4.79 Å². The second-order valence-electron chi connectivity index (χ2n) is 3.73. The topological polar surface area (TPSA) is 99.5 Å². The summed E-state index contributed by atoms with van der Waals surface area (Å²) in [7, 11) is 0. The van der Waals surface area contributed by atoms with Gasteiger partial charge < -0.3 is 10.8 Å². The Balaban J connectivity index is 0. The molecular weight excluding hydrogens is 249 g/mol. The van der Waals surface area contributed by atoms with Gasteiger partial charge in [-0.05, 0) is 26.3 Å². The summed E-state index contributed by atoms with van der Waals surface area (Å²) in [6.45, 7) is 3.15. The molecule has 99 valence electrons. The Morgan fingerprint density at radius 2 is 2.18 bits per heavy atom. The number of nitrogens with one attached hydrogen (secondary N) is 1. The van der Waals surface area contributed by atoms with Gasteiger partial charge in [0.1, 0.15) is 5.54 Å². The minimum Gasteiger partial charge on any atom is -0.480 e. The van der Waals surface area contributed by atoms with Crippen LogP contribution in [-0.4, -0.2) is 29.0 Å². The Morgan fingerprint density at radius 1 is 1.65 bits per heavy atom. The first-order valence-electron chi connectivity index (χ1n) is 4.88. The Bertz CT molecular complexity index is 313. The van der Waals surface area contributed by atoms with Crippen molar-refractivity contribution in [2.75, 3.05) is 6.54 Å². The summed E-state index contributed by atoms with van der Waals surface area (Å²) >= 11 is 0. The number of hydrogen-bond donors (Lipinski definition) is 2. The molecule has 0 amide bonds. The molecule has 4 N–H and O–H groups in total. The van der Waals surface area contributed by atoms with Crippen molar-refractivity contribution in [1.29, 1.82) is 0 Å². The van der Waals surface area contributed by atoms with Crippen LogP contribution in [0.4, 0.5) is 4.39 Å². The molecule has 0 aromatic rings. The van der Waals surface area contributed by atoms with Gasteiger partial charge in [0.15, 0.2) is 0 Å². The SMILES string of the molecule is CC(N)=NCCC/C(F)=C/[C@](C)([NH])C(=O)O.Cl. The summed E-state index contributed by atoms with van der Waals surface area (Å²) < 4.78 is 13.2. The van der Waals surface area contributed by atoms with Gasteiger partial charge in [-0.15, -0.1) is 12.4 Å². The molecule has 0 saturated heterocycles. The van der Waals surface area contributed by atoms with E-state index in [1.807, 2.05) is 0 Å². The maximum atomic E-state index is 13.2. The highest BCUT2D eigenvalue weighted by molar-refractivity contribution is 5.85. The molecule has 7 heteroatoms. The molecule has 0 aromatic carbocycles. The lowest BCUT2D eigenvalue weighted by Gasteiger charge is -2.12. The predicted molar refractivity (Wildman–Crippen MR) is 67.0 cm³/mol. The highest BCUT2D eigenvalue weighted by atomic mass is 35.5. The number of hydrogen-bond acceptors (Lipinski definition) is 2. The third-order valence-electron chi connectivity index (χ3n) is 1.82. The van der Waals surface area contributed by atoms with Crippen molar-refractivity contribution in [2.45, 2.75) is 32.2 Å². The monoisotopic (exact) mass is 266 g/mol. The van der Waals surface area contributed by atoms with E-state index in [4.69, 9.17) is 16.6 Å². The first kappa shape index (κ1) is 18.2. The molecule has 0 aliphatic heterocycles. The molecule has 17 heavy (non-hydrogen) atoms. The van der Waals surface area contributed by atoms with Gasteiger partial charge in [0.05, 0.1) is 11.7 Å². The Kier molecular flexibility index (Phi) is 8.61. The number of carboxylic acids is 1. The van der Waals surface area contributed by atoms with Crippen LogP contribution in [0.25, 0.3) is 0 Å². The van der Waals surface area contributed by atoms with Crippen molar-refractivity contribution in [3.63, 3.8) is 0 Å². The Morgan fingerprint density at radius 3 is 2.59 bits per heavy atom. The number of amidine groups is 1. The predicted octanol–water partition coefficient (Wildman–Crippen LogP) is 1.55. The molecule has 5 nitrogen and oxygen atoms in total. The number of halogens is 2. The van der Waals surface area contributed by atoms with Crippen LogP contribution in [0.15, 0.2) is 16.9 Å². The van der Waals surface area contributed by atoms with E-state index in [0.717, 1.165) is 13.0 Å². The van der Waals surface area contributed by atoms with Gasteiger partial charge >= 0.3 is 5.97 Å². The van der Waals surface area contributed by atoms with Crippen molar-refractivity contribution in [3.8, 4) is 0 Å². The minimum absolute atomic E-state index is 0. The van der Waals surface area contributed by atoms with Crippen molar-refractivity contribution in [2.24, 2.45) is 10.7 Å². The molecule has 0 aliphatic rings. The fraction of sp³-hybridized carbons (Fsp3) is 0.600. The third-order valence-corrected chi connectivity index (χ3v) is 1.82. The minimum atomic E-state index is -1.92. The maximum absolute atomic E-state index is 13.2.